The molecule has 0 aliphatic carbocycles. The van der Waals surface area contributed by atoms with Crippen LogP contribution in [0.2, 0.25) is 0 Å². The van der Waals surface area contributed by atoms with Gasteiger partial charge in [0.1, 0.15) is 5.69 Å². The van der Waals surface area contributed by atoms with Crippen molar-refractivity contribution >= 4 is 11.6 Å². The lowest BCUT2D eigenvalue weighted by atomic mass is 10.4. The van der Waals surface area contributed by atoms with Gasteiger partial charge in [0, 0.05) is 6.20 Å². The largest absolute Gasteiger partial charge is 0.326 e. The van der Waals surface area contributed by atoms with E-state index in [1.807, 2.05) is 0 Å². The Hall–Kier alpha value is -0.830. The average Bonchev–Trinajstić information content (AvgIpc) is 1.95. The summed E-state index contributed by atoms with van der Waals surface area (Å²) in [5.74, 6) is 0.331. The summed E-state index contributed by atoms with van der Waals surface area (Å²) >= 11 is 5.47. The Balaban J connectivity index is 3.17. The molecule has 0 amide bonds. The predicted octanol–water partition coefficient (Wildman–Crippen LogP) is 0.817. The summed E-state index contributed by atoms with van der Waals surface area (Å²) in [7, 11) is 0. The van der Waals surface area contributed by atoms with E-state index >= 15 is 0 Å². The molecular weight excluding hydrogens is 152 g/mol. The van der Waals surface area contributed by atoms with Crippen molar-refractivity contribution < 1.29 is 0 Å². The van der Waals surface area contributed by atoms with Crippen molar-refractivity contribution in [1.29, 1.82) is 0 Å². The second kappa shape index (κ2) is 2.84. The normalized spacial score (nSPS) is 9.80. The van der Waals surface area contributed by atoms with Crippen molar-refractivity contribution in [2.24, 2.45) is 0 Å². The molecule has 0 aliphatic rings. The lowest BCUT2D eigenvalue weighted by Gasteiger charge is -1.93. The zero-order valence-electron chi connectivity index (χ0n) is 5.52. The highest BCUT2D eigenvalue weighted by atomic mass is 35.5. The monoisotopic (exact) mass is 158 g/mol. The fourth-order valence-corrected chi connectivity index (χ4v) is 0.757. The first kappa shape index (κ1) is 7.28. The molecule has 0 saturated heterocycles. The summed E-state index contributed by atoms with van der Waals surface area (Å²) in [6.07, 6.45) is 1.52. The molecule has 0 radical (unpaired) electrons. The lowest BCUT2D eigenvalue weighted by Crippen LogP contribution is -2.11. The van der Waals surface area contributed by atoms with Gasteiger partial charge < -0.3 is 4.98 Å². The van der Waals surface area contributed by atoms with Crippen LogP contribution in [0.4, 0.5) is 0 Å². The molecule has 0 spiro atoms. The first-order valence-electron chi connectivity index (χ1n) is 2.85. The number of H-pyrrole nitrogens is 1. The molecule has 10 heavy (non-hydrogen) atoms. The van der Waals surface area contributed by atoms with Crippen LogP contribution in [-0.2, 0) is 5.88 Å². The van der Waals surface area contributed by atoms with Gasteiger partial charge in [-0.1, -0.05) is 0 Å². The van der Waals surface area contributed by atoms with Gasteiger partial charge in [0.05, 0.1) is 11.6 Å². The van der Waals surface area contributed by atoms with Gasteiger partial charge in [0.2, 0.25) is 0 Å². The van der Waals surface area contributed by atoms with Crippen molar-refractivity contribution in [3.63, 3.8) is 0 Å². The van der Waals surface area contributed by atoms with E-state index in [0.29, 0.717) is 17.3 Å². The maximum atomic E-state index is 10.7. The van der Waals surface area contributed by atoms with Gasteiger partial charge in [-0.15, -0.1) is 11.6 Å². The Morgan fingerprint density at radius 1 is 1.80 bits per heavy atom. The number of aromatic nitrogens is 2. The van der Waals surface area contributed by atoms with Crippen LogP contribution in [0.25, 0.3) is 0 Å². The molecule has 0 aliphatic heterocycles. The third-order valence-electron chi connectivity index (χ3n) is 1.15. The average molecular weight is 159 g/mol. The third-order valence-corrected chi connectivity index (χ3v) is 1.42. The number of nitrogens with one attached hydrogen (secondary N) is 1. The summed E-state index contributed by atoms with van der Waals surface area (Å²) in [5.41, 5.74) is 0.991. The number of aromatic amines is 1. The summed E-state index contributed by atoms with van der Waals surface area (Å²) < 4.78 is 0. The van der Waals surface area contributed by atoms with Gasteiger partial charge >= 0.3 is 0 Å². The van der Waals surface area contributed by atoms with E-state index in [2.05, 4.69) is 9.97 Å². The maximum Gasteiger partial charge on any atom is 0.269 e. The number of aryl methyl sites for hydroxylation is 1. The fraction of sp³-hybridized carbons (Fsp3) is 0.333. The first-order valence-corrected chi connectivity index (χ1v) is 3.38. The molecular formula is C6H7ClN2O. The van der Waals surface area contributed by atoms with Gasteiger partial charge in [-0.05, 0) is 6.92 Å². The first-order chi connectivity index (χ1) is 4.74. The number of hydrogen-bond donors (Lipinski definition) is 1. The quantitative estimate of drug-likeness (QED) is 0.615. The van der Waals surface area contributed by atoms with Crippen molar-refractivity contribution in [1.82, 2.24) is 9.97 Å². The number of rotatable bonds is 1. The van der Waals surface area contributed by atoms with Crippen LogP contribution in [0.1, 0.15) is 11.4 Å². The molecule has 0 saturated carbocycles. The number of alkyl halides is 1. The minimum absolute atomic E-state index is 0.158. The van der Waals surface area contributed by atoms with E-state index in [1.54, 1.807) is 6.92 Å². The summed E-state index contributed by atoms with van der Waals surface area (Å²) in [4.78, 5) is 17.2. The lowest BCUT2D eigenvalue weighted by molar-refractivity contribution is 1.00. The molecule has 4 heteroatoms. The van der Waals surface area contributed by atoms with E-state index in [9.17, 15) is 4.79 Å². The highest BCUT2D eigenvalue weighted by Gasteiger charge is 1.95. The number of hydrogen-bond acceptors (Lipinski definition) is 2. The highest BCUT2D eigenvalue weighted by molar-refractivity contribution is 6.16. The van der Waals surface area contributed by atoms with E-state index in [4.69, 9.17) is 11.6 Å². The van der Waals surface area contributed by atoms with Crippen LogP contribution in [0.3, 0.4) is 0 Å². The fourth-order valence-electron chi connectivity index (χ4n) is 0.620. The maximum absolute atomic E-state index is 10.7. The Labute approximate surface area is 63.1 Å². The van der Waals surface area contributed by atoms with Gasteiger partial charge in [-0.2, -0.15) is 0 Å². The van der Waals surface area contributed by atoms with Crippen LogP contribution >= 0.6 is 11.6 Å². The van der Waals surface area contributed by atoms with Crippen LogP contribution in [0.15, 0.2) is 11.0 Å². The molecule has 0 aromatic carbocycles. The molecule has 0 atom stereocenters. The molecule has 1 N–H and O–H groups in total. The Morgan fingerprint density at radius 2 is 2.50 bits per heavy atom. The standard InChI is InChI=1S/C6H7ClN2O/c1-4-6(10)8-3-5(2-7)9-4/h3H,2H2,1H3,(H,8,10). The summed E-state index contributed by atoms with van der Waals surface area (Å²) in [6, 6.07) is 0. The van der Waals surface area contributed by atoms with Gasteiger partial charge in [0.25, 0.3) is 5.56 Å². The van der Waals surface area contributed by atoms with Crippen LogP contribution in [0.5, 0.6) is 0 Å². The van der Waals surface area contributed by atoms with E-state index in [-0.39, 0.29) is 5.56 Å². The highest BCUT2D eigenvalue weighted by Crippen LogP contribution is 1.94. The third kappa shape index (κ3) is 1.36. The SMILES string of the molecule is Cc1nc(CCl)c[nH]c1=O. The van der Waals surface area contributed by atoms with Gasteiger partial charge in [0.15, 0.2) is 0 Å². The van der Waals surface area contributed by atoms with Crippen LogP contribution in [-0.4, -0.2) is 9.97 Å². The molecule has 1 heterocycles. The van der Waals surface area contributed by atoms with E-state index in [0.717, 1.165) is 0 Å². The van der Waals surface area contributed by atoms with Crippen LogP contribution in [0, 0.1) is 6.92 Å². The molecule has 0 unspecified atom stereocenters. The molecule has 1 aromatic heterocycles. The van der Waals surface area contributed by atoms with Crippen molar-refractivity contribution in [3.8, 4) is 0 Å². The Morgan fingerprint density at radius 3 is 3.00 bits per heavy atom. The Kier molecular flexibility index (Phi) is 2.06. The zero-order chi connectivity index (χ0) is 7.56. The number of halogens is 1. The molecule has 1 aromatic rings. The topological polar surface area (TPSA) is 45.8 Å². The van der Waals surface area contributed by atoms with E-state index < -0.39 is 0 Å². The zero-order valence-corrected chi connectivity index (χ0v) is 6.27. The molecule has 54 valence electrons. The minimum atomic E-state index is -0.158. The van der Waals surface area contributed by atoms with Crippen molar-refractivity contribution in [3.05, 3.63) is 27.9 Å². The Bertz CT molecular complexity index is 281. The summed E-state index contributed by atoms with van der Waals surface area (Å²) in [6.45, 7) is 1.65. The number of nitrogens with zero attached hydrogens (tertiary/aromatic N) is 1. The van der Waals surface area contributed by atoms with Crippen LogP contribution < -0.4 is 5.56 Å². The smallest absolute Gasteiger partial charge is 0.269 e. The molecule has 3 nitrogen and oxygen atoms in total. The summed E-state index contributed by atoms with van der Waals surface area (Å²) in [5, 5.41) is 0. The molecule has 0 fully saturated rings. The van der Waals surface area contributed by atoms with E-state index in [1.165, 1.54) is 6.20 Å². The molecule has 1 rings (SSSR count). The second-order valence-corrected chi connectivity index (χ2v) is 2.21. The molecule has 0 bridgehead atoms. The van der Waals surface area contributed by atoms with Crippen molar-refractivity contribution in [2.45, 2.75) is 12.8 Å². The predicted molar refractivity (Wildman–Crippen MR) is 39.2 cm³/mol. The minimum Gasteiger partial charge on any atom is -0.326 e. The van der Waals surface area contributed by atoms with Gasteiger partial charge in [-0.25, -0.2) is 4.98 Å². The van der Waals surface area contributed by atoms with Gasteiger partial charge in [-0.3, -0.25) is 4.79 Å². The second-order valence-electron chi connectivity index (χ2n) is 1.94. The van der Waals surface area contributed by atoms with Crippen molar-refractivity contribution in [2.75, 3.05) is 0 Å².